The van der Waals surface area contributed by atoms with Crippen LogP contribution in [0.2, 0.25) is 0 Å². The molecule has 4 rings (SSSR count). The van der Waals surface area contributed by atoms with E-state index in [1.807, 2.05) is 30.3 Å². The number of anilines is 1. The number of nitrogens with zero attached hydrogens (tertiary/aromatic N) is 5. The Morgan fingerprint density at radius 1 is 0.975 bits per heavy atom. The van der Waals surface area contributed by atoms with E-state index in [2.05, 4.69) is 15.2 Å². The van der Waals surface area contributed by atoms with Gasteiger partial charge in [-0.05, 0) is 19.3 Å². The van der Waals surface area contributed by atoms with Crippen molar-refractivity contribution in [3.8, 4) is 11.4 Å². The van der Waals surface area contributed by atoms with Crippen molar-refractivity contribution < 1.29 is 34.1 Å². The Balaban J connectivity index is 1.57. The van der Waals surface area contributed by atoms with Crippen molar-refractivity contribution in [2.75, 3.05) is 51.3 Å². The molecule has 2 aliphatic heterocycles. The second kappa shape index (κ2) is 13.2. The highest BCUT2D eigenvalue weighted by molar-refractivity contribution is 5.97. The van der Waals surface area contributed by atoms with E-state index in [-0.39, 0.29) is 50.8 Å². The molecule has 3 amide bonds. The molecule has 1 unspecified atom stereocenters. The zero-order valence-electron chi connectivity index (χ0n) is 22.4. The molecule has 2 aromatic rings. The SMILES string of the molecule is COC1CCN(c2cc(C(=O)NC(CCC(=O)O)C(=O)N3CCN(C(=O)O)CC3)nc(-c3ccccc3)n2)CC1. The van der Waals surface area contributed by atoms with E-state index < -0.39 is 29.9 Å². The van der Waals surface area contributed by atoms with Crippen LogP contribution in [0.3, 0.4) is 0 Å². The Morgan fingerprint density at radius 2 is 1.62 bits per heavy atom. The van der Waals surface area contributed by atoms with Crippen molar-refractivity contribution >= 4 is 29.7 Å². The predicted octanol–water partition coefficient (Wildman–Crippen LogP) is 1.54. The zero-order chi connectivity index (χ0) is 28.6. The summed E-state index contributed by atoms with van der Waals surface area (Å²) in [6.07, 6.45) is 0.265. The van der Waals surface area contributed by atoms with E-state index >= 15 is 0 Å². The molecular weight excluding hydrogens is 520 g/mol. The van der Waals surface area contributed by atoms with E-state index in [0.717, 1.165) is 18.4 Å². The molecule has 0 saturated carbocycles. The lowest BCUT2D eigenvalue weighted by atomic mass is 10.1. The molecule has 13 nitrogen and oxygen atoms in total. The van der Waals surface area contributed by atoms with Crippen LogP contribution in [0.5, 0.6) is 0 Å². The van der Waals surface area contributed by atoms with Gasteiger partial charge >= 0.3 is 12.1 Å². The number of hydrogen-bond donors (Lipinski definition) is 3. The summed E-state index contributed by atoms with van der Waals surface area (Å²) in [6.45, 7) is 1.95. The molecule has 3 heterocycles. The van der Waals surface area contributed by atoms with Gasteiger partial charge in [-0.2, -0.15) is 0 Å². The second-order valence-corrected chi connectivity index (χ2v) is 9.78. The molecule has 0 bridgehead atoms. The Bertz CT molecular complexity index is 1210. The van der Waals surface area contributed by atoms with E-state index in [0.29, 0.717) is 24.7 Å². The number of carboxylic acids is 1. The lowest BCUT2D eigenvalue weighted by Crippen LogP contribution is -2.55. The summed E-state index contributed by atoms with van der Waals surface area (Å²) < 4.78 is 5.47. The minimum absolute atomic E-state index is 0.0570. The van der Waals surface area contributed by atoms with E-state index in [1.54, 1.807) is 13.2 Å². The van der Waals surface area contributed by atoms with Gasteiger partial charge in [0.05, 0.1) is 6.10 Å². The third-order valence-electron chi connectivity index (χ3n) is 7.19. The van der Waals surface area contributed by atoms with Gasteiger partial charge in [-0.15, -0.1) is 0 Å². The number of aliphatic carboxylic acids is 1. The first-order valence-electron chi connectivity index (χ1n) is 13.3. The molecule has 13 heteroatoms. The third kappa shape index (κ3) is 7.23. The van der Waals surface area contributed by atoms with Crippen molar-refractivity contribution in [1.29, 1.82) is 0 Å². The van der Waals surface area contributed by atoms with Crippen molar-refractivity contribution in [3.63, 3.8) is 0 Å². The van der Waals surface area contributed by atoms with E-state index in [9.17, 15) is 29.4 Å². The number of methoxy groups -OCH3 is 1. The molecular formula is C27H34N6O7. The summed E-state index contributed by atoms with van der Waals surface area (Å²) in [4.78, 5) is 63.3. The topological polar surface area (TPSA) is 165 Å². The Kier molecular flexibility index (Phi) is 9.48. The number of amides is 3. The number of carboxylic acid groups (broad SMARTS) is 2. The number of piperidine rings is 1. The van der Waals surface area contributed by atoms with Crippen LogP contribution in [-0.4, -0.2) is 112 Å². The highest BCUT2D eigenvalue weighted by Gasteiger charge is 2.31. The van der Waals surface area contributed by atoms with Crippen molar-refractivity contribution in [2.24, 2.45) is 0 Å². The number of piperazine rings is 1. The zero-order valence-corrected chi connectivity index (χ0v) is 22.4. The fourth-order valence-electron chi connectivity index (χ4n) is 4.85. The van der Waals surface area contributed by atoms with Crippen LogP contribution in [0.1, 0.15) is 36.2 Å². The maximum atomic E-state index is 13.5. The van der Waals surface area contributed by atoms with Crippen LogP contribution >= 0.6 is 0 Å². The van der Waals surface area contributed by atoms with Gasteiger partial charge in [-0.3, -0.25) is 14.4 Å². The Labute approximate surface area is 231 Å². The summed E-state index contributed by atoms with van der Waals surface area (Å²) in [7, 11) is 1.69. The van der Waals surface area contributed by atoms with Crippen molar-refractivity contribution in [2.45, 2.75) is 37.8 Å². The molecule has 1 atom stereocenters. The quantitative estimate of drug-likeness (QED) is 0.414. The first-order valence-corrected chi connectivity index (χ1v) is 13.3. The van der Waals surface area contributed by atoms with Gasteiger partial charge in [0.25, 0.3) is 5.91 Å². The van der Waals surface area contributed by atoms with Crippen LogP contribution in [0.25, 0.3) is 11.4 Å². The van der Waals surface area contributed by atoms with Gasteiger partial charge in [0.15, 0.2) is 5.82 Å². The number of carbonyl (C=O) groups excluding carboxylic acids is 2. The molecule has 2 fully saturated rings. The van der Waals surface area contributed by atoms with Crippen LogP contribution in [0.4, 0.5) is 10.6 Å². The summed E-state index contributed by atoms with van der Waals surface area (Å²) in [5.74, 6) is -1.25. The average Bonchev–Trinajstić information content (AvgIpc) is 2.99. The van der Waals surface area contributed by atoms with E-state index in [1.165, 1.54) is 9.80 Å². The van der Waals surface area contributed by atoms with Crippen LogP contribution in [0, 0.1) is 0 Å². The number of aromatic nitrogens is 2. The number of benzene rings is 1. The first-order chi connectivity index (χ1) is 19.2. The largest absolute Gasteiger partial charge is 0.481 e. The van der Waals surface area contributed by atoms with E-state index in [4.69, 9.17) is 9.72 Å². The maximum absolute atomic E-state index is 13.5. The molecule has 3 N–H and O–H groups in total. The minimum atomic E-state index is -1.11. The first kappa shape index (κ1) is 28.7. The molecule has 1 aromatic carbocycles. The van der Waals surface area contributed by atoms with Gasteiger partial charge in [0.1, 0.15) is 17.6 Å². The molecule has 2 aliphatic rings. The van der Waals surface area contributed by atoms with Gasteiger partial charge in [-0.25, -0.2) is 14.8 Å². The third-order valence-corrected chi connectivity index (χ3v) is 7.19. The standard InChI is InChI=1S/C27H34N6O7/c1-40-19-9-11-31(12-10-19)22-17-21(28-24(30-22)18-5-3-2-4-6-18)25(36)29-20(7-8-23(34)35)26(37)32-13-15-33(16-14-32)27(38)39/h2-6,17,19-20H,7-16H2,1H3,(H,29,36)(H,34,35)(H,38,39). The summed E-state index contributed by atoms with van der Waals surface area (Å²) in [5.41, 5.74) is 0.779. The summed E-state index contributed by atoms with van der Waals surface area (Å²) in [5, 5.41) is 21.1. The van der Waals surface area contributed by atoms with Gasteiger partial charge in [0.2, 0.25) is 5.91 Å². The maximum Gasteiger partial charge on any atom is 0.407 e. The number of ether oxygens (including phenoxy) is 1. The normalized spacial score (nSPS) is 16.9. The van der Waals surface area contributed by atoms with Crippen LogP contribution in [-0.2, 0) is 14.3 Å². The number of hydrogen-bond acceptors (Lipinski definition) is 8. The lowest BCUT2D eigenvalue weighted by Gasteiger charge is -2.35. The molecule has 1 aromatic heterocycles. The minimum Gasteiger partial charge on any atom is -0.481 e. The van der Waals surface area contributed by atoms with Gasteiger partial charge in [0, 0.05) is 64.4 Å². The predicted molar refractivity (Wildman–Crippen MR) is 144 cm³/mol. The fraction of sp³-hybridized carbons (Fsp3) is 0.481. The highest BCUT2D eigenvalue weighted by Crippen LogP contribution is 2.24. The van der Waals surface area contributed by atoms with Crippen molar-refractivity contribution in [1.82, 2.24) is 25.1 Å². The number of nitrogens with one attached hydrogen (secondary N) is 1. The fourth-order valence-corrected chi connectivity index (χ4v) is 4.85. The Hall–Kier alpha value is -4.26. The molecule has 40 heavy (non-hydrogen) atoms. The van der Waals surface area contributed by atoms with Crippen LogP contribution in [0.15, 0.2) is 36.4 Å². The lowest BCUT2D eigenvalue weighted by molar-refractivity contribution is -0.138. The van der Waals surface area contributed by atoms with Crippen molar-refractivity contribution in [3.05, 3.63) is 42.1 Å². The number of rotatable bonds is 9. The average molecular weight is 555 g/mol. The molecule has 0 radical (unpaired) electrons. The Morgan fingerprint density at radius 3 is 2.23 bits per heavy atom. The molecule has 2 saturated heterocycles. The van der Waals surface area contributed by atoms with Gasteiger partial charge < -0.3 is 35.0 Å². The highest BCUT2D eigenvalue weighted by atomic mass is 16.5. The van der Waals surface area contributed by atoms with Gasteiger partial charge in [-0.1, -0.05) is 30.3 Å². The summed E-state index contributed by atoms with van der Waals surface area (Å²) >= 11 is 0. The molecule has 214 valence electrons. The molecule has 0 spiro atoms. The number of carbonyl (C=O) groups is 4. The smallest absolute Gasteiger partial charge is 0.407 e. The monoisotopic (exact) mass is 554 g/mol. The van der Waals surface area contributed by atoms with Crippen LogP contribution < -0.4 is 10.2 Å². The molecule has 0 aliphatic carbocycles. The summed E-state index contributed by atoms with van der Waals surface area (Å²) in [6, 6.07) is 9.71. The second-order valence-electron chi connectivity index (χ2n) is 9.78.